The quantitative estimate of drug-likeness (QED) is 0.254. The number of ether oxygens (including phenoxy) is 2. The molecule has 1 amide bonds. The van der Waals surface area contributed by atoms with Gasteiger partial charge in [0, 0.05) is 28.2 Å². The van der Waals surface area contributed by atoms with Crippen molar-refractivity contribution in [1.29, 1.82) is 0 Å². The Kier molecular flexibility index (Phi) is 7.79. The van der Waals surface area contributed by atoms with Crippen molar-refractivity contribution in [3.8, 4) is 11.5 Å². The summed E-state index contributed by atoms with van der Waals surface area (Å²) in [5.74, 6) is 0.423. The molecule has 1 aromatic heterocycles. The molecule has 1 aliphatic heterocycles. The standard InChI is InChI=1S/C30H30ClFN2O5/c1-2-30(16-35,17-36)18-38-22-8-3-19(4-9-22)28-27-24(25-15-20(31)5-12-26(25)33-27)13-14-34(28)29(37)39-23-10-6-21(32)7-11-23/h3-12,15,28,33,35-36H,2,13-14,16-18H2,1H3/t28-/m0/s1. The van der Waals surface area contributed by atoms with Crippen LogP contribution in [0.2, 0.25) is 5.02 Å². The summed E-state index contributed by atoms with van der Waals surface area (Å²) in [6, 6.07) is 17.9. The molecule has 0 fully saturated rings. The average Bonchev–Trinajstić information content (AvgIpc) is 3.33. The van der Waals surface area contributed by atoms with Gasteiger partial charge in [0.05, 0.1) is 25.2 Å². The Hall–Kier alpha value is -3.59. The van der Waals surface area contributed by atoms with Gasteiger partial charge in [0.15, 0.2) is 0 Å². The van der Waals surface area contributed by atoms with Crippen molar-refractivity contribution in [2.24, 2.45) is 5.41 Å². The molecule has 0 saturated heterocycles. The number of carbonyl (C=O) groups is 1. The fourth-order valence-electron chi connectivity index (χ4n) is 4.92. The minimum atomic E-state index is -0.719. The number of rotatable bonds is 8. The molecule has 1 atom stereocenters. The molecule has 3 N–H and O–H groups in total. The number of amides is 1. The van der Waals surface area contributed by atoms with Crippen molar-refractivity contribution in [3.05, 3.63) is 94.4 Å². The number of carbonyl (C=O) groups excluding carboxylic acids is 1. The van der Waals surface area contributed by atoms with E-state index in [-0.39, 0.29) is 25.6 Å². The molecule has 0 unspecified atom stereocenters. The second kappa shape index (κ2) is 11.3. The maximum atomic E-state index is 13.4. The van der Waals surface area contributed by atoms with Crippen molar-refractivity contribution in [1.82, 2.24) is 9.88 Å². The Labute approximate surface area is 230 Å². The van der Waals surface area contributed by atoms with Gasteiger partial charge in [-0.3, -0.25) is 4.90 Å². The number of H-pyrrole nitrogens is 1. The number of hydrogen-bond donors (Lipinski definition) is 3. The van der Waals surface area contributed by atoms with Crippen LogP contribution in [0, 0.1) is 11.2 Å². The van der Waals surface area contributed by atoms with Crippen LogP contribution in [-0.4, -0.2) is 52.6 Å². The zero-order valence-electron chi connectivity index (χ0n) is 21.5. The van der Waals surface area contributed by atoms with E-state index in [9.17, 15) is 19.4 Å². The summed E-state index contributed by atoms with van der Waals surface area (Å²) in [6.45, 7) is 2.10. The molecule has 0 radical (unpaired) electrons. The highest BCUT2D eigenvalue weighted by molar-refractivity contribution is 6.31. The molecule has 9 heteroatoms. The molecule has 4 aromatic rings. The van der Waals surface area contributed by atoms with Crippen LogP contribution in [0.5, 0.6) is 11.5 Å². The van der Waals surface area contributed by atoms with Gasteiger partial charge in [-0.2, -0.15) is 0 Å². The molecule has 2 heterocycles. The second-order valence-corrected chi connectivity index (χ2v) is 10.3. The molecule has 0 spiro atoms. The maximum absolute atomic E-state index is 13.4. The van der Waals surface area contributed by atoms with Crippen molar-refractivity contribution in [3.63, 3.8) is 0 Å². The Bertz CT molecular complexity index is 1440. The van der Waals surface area contributed by atoms with Gasteiger partial charge in [-0.1, -0.05) is 30.7 Å². The summed E-state index contributed by atoms with van der Waals surface area (Å²) >= 11 is 6.29. The number of fused-ring (bicyclic) bond motifs is 3. The monoisotopic (exact) mass is 552 g/mol. The molecule has 7 nitrogen and oxygen atoms in total. The number of aromatic nitrogens is 1. The van der Waals surface area contributed by atoms with Gasteiger partial charge < -0.3 is 24.7 Å². The Morgan fingerprint density at radius 1 is 1.08 bits per heavy atom. The topological polar surface area (TPSA) is 95.0 Å². The third-order valence-corrected chi connectivity index (χ3v) is 7.74. The number of hydrogen-bond acceptors (Lipinski definition) is 5. The lowest BCUT2D eigenvalue weighted by molar-refractivity contribution is 0.0114. The highest BCUT2D eigenvalue weighted by atomic mass is 35.5. The summed E-state index contributed by atoms with van der Waals surface area (Å²) in [4.78, 5) is 18.5. The summed E-state index contributed by atoms with van der Waals surface area (Å²) in [5, 5.41) is 21.1. The van der Waals surface area contributed by atoms with Crippen LogP contribution in [0.15, 0.2) is 66.7 Å². The zero-order chi connectivity index (χ0) is 27.6. The van der Waals surface area contributed by atoms with Crippen LogP contribution in [0.3, 0.4) is 0 Å². The van der Waals surface area contributed by atoms with Gasteiger partial charge in [0.2, 0.25) is 0 Å². The maximum Gasteiger partial charge on any atom is 0.416 e. The molecule has 5 rings (SSSR count). The number of aliphatic hydroxyl groups excluding tert-OH is 2. The van der Waals surface area contributed by atoms with Gasteiger partial charge in [0.1, 0.15) is 23.4 Å². The second-order valence-electron chi connectivity index (χ2n) is 9.90. The molecule has 1 aliphatic rings. The largest absolute Gasteiger partial charge is 0.493 e. The lowest BCUT2D eigenvalue weighted by atomic mass is 9.88. The summed E-state index contributed by atoms with van der Waals surface area (Å²) in [5.41, 5.74) is 3.00. The van der Waals surface area contributed by atoms with E-state index >= 15 is 0 Å². The molecule has 3 aromatic carbocycles. The molecular formula is C30H30ClFN2O5. The Balaban J connectivity index is 1.47. The van der Waals surface area contributed by atoms with Crippen molar-refractivity contribution in [2.45, 2.75) is 25.8 Å². The lowest BCUT2D eigenvalue weighted by Gasteiger charge is -2.35. The van der Waals surface area contributed by atoms with E-state index in [1.54, 1.807) is 4.90 Å². The van der Waals surface area contributed by atoms with Gasteiger partial charge >= 0.3 is 6.09 Å². The number of aliphatic hydroxyl groups is 2. The fourth-order valence-corrected chi connectivity index (χ4v) is 5.09. The predicted octanol–water partition coefficient (Wildman–Crippen LogP) is 5.87. The zero-order valence-corrected chi connectivity index (χ0v) is 22.2. The predicted molar refractivity (Wildman–Crippen MR) is 147 cm³/mol. The van der Waals surface area contributed by atoms with Gasteiger partial charge in [-0.15, -0.1) is 0 Å². The van der Waals surface area contributed by atoms with E-state index in [1.807, 2.05) is 49.4 Å². The molecule has 0 saturated carbocycles. The molecule has 0 bridgehead atoms. The van der Waals surface area contributed by atoms with E-state index in [4.69, 9.17) is 21.1 Å². The number of benzene rings is 3. The van der Waals surface area contributed by atoms with Gasteiger partial charge in [-0.25, -0.2) is 9.18 Å². The summed E-state index contributed by atoms with van der Waals surface area (Å²) in [7, 11) is 0. The van der Waals surface area contributed by atoms with Crippen LogP contribution in [0.25, 0.3) is 10.9 Å². The first kappa shape index (κ1) is 27.0. The summed E-state index contributed by atoms with van der Waals surface area (Å²) in [6.07, 6.45) is 0.624. The first-order valence-electron chi connectivity index (χ1n) is 12.8. The molecule has 0 aliphatic carbocycles. The van der Waals surface area contributed by atoms with Gasteiger partial charge in [-0.05, 0) is 78.6 Å². The van der Waals surface area contributed by atoms with E-state index in [2.05, 4.69) is 4.98 Å². The lowest BCUT2D eigenvalue weighted by Crippen LogP contribution is -2.42. The van der Waals surface area contributed by atoms with Crippen LogP contribution < -0.4 is 9.47 Å². The normalized spacial score (nSPS) is 15.3. The smallest absolute Gasteiger partial charge is 0.416 e. The van der Waals surface area contributed by atoms with E-state index in [1.165, 1.54) is 24.3 Å². The van der Waals surface area contributed by atoms with E-state index < -0.39 is 23.4 Å². The number of nitrogens with one attached hydrogen (secondary N) is 1. The van der Waals surface area contributed by atoms with Gasteiger partial charge in [0.25, 0.3) is 0 Å². The van der Waals surface area contributed by atoms with Crippen LogP contribution in [-0.2, 0) is 6.42 Å². The SMILES string of the molecule is CCC(CO)(CO)COc1ccc([C@H]2c3[nH]c4ccc(Cl)cc4c3CCN2C(=O)Oc2ccc(F)cc2)cc1. The van der Waals surface area contributed by atoms with Crippen LogP contribution in [0.1, 0.15) is 36.2 Å². The van der Waals surface area contributed by atoms with E-state index in [0.29, 0.717) is 30.2 Å². The number of nitrogens with zero attached hydrogens (tertiary/aromatic N) is 1. The Morgan fingerprint density at radius 3 is 2.44 bits per heavy atom. The molecular weight excluding hydrogens is 523 g/mol. The van der Waals surface area contributed by atoms with Crippen molar-refractivity contribution < 1.29 is 28.9 Å². The Morgan fingerprint density at radius 2 is 1.77 bits per heavy atom. The fraction of sp³-hybridized carbons (Fsp3) is 0.300. The molecule has 204 valence electrons. The minimum absolute atomic E-state index is 0.169. The molecule has 39 heavy (non-hydrogen) atoms. The third-order valence-electron chi connectivity index (χ3n) is 7.50. The van der Waals surface area contributed by atoms with Crippen molar-refractivity contribution in [2.75, 3.05) is 26.4 Å². The third kappa shape index (κ3) is 5.45. The first-order chi connectivity index (χ1) is 18.9. The van der Waals surface area contributed by atoms with Crippen molar-refractivity contribution >= 4 is 28.6 Å². The first-order valence-corrected chi connectivity index (χ1v) is 13.2. The number of halogens is 2. The highest BCUT2D eigenvalue weighted by Crippen LogP contribution is 2.40. The highest BCUT2D eigenvalue weighted by Gasteiger charge is 2.36. The summed E-state index contributed by atoms with van der Waals surface area (Å²) < 4.78 is 24.9. The average molecular weight is 553 g/mol. The van der Waals surface area contributed by atoms with E-state index in [0.717, 1.165) is 27.7 Å². The van der Waals surface area contributed by atoms with Crippen LogP contribution >= 0.6 is 11.6 Å². The number of aromatic amines is 1. The minimum Gasteiger partial charge on any atom is -0.493 e. The van der Waals surface area contributed by atoms with Crippen LogP contribution in [0.4, 0.5) is 9.18 Å².